The summed E-state index contributed by atoms with van der Waals surface area (Å²) in [6, 6.07) is 5.83. The second-order valence-electron chi connectivity index (χ2n) is 4.49. The van der Waals surface area contributed by atoms with Gasteiger partial charge in [0.15, 0.2) is 0 Å². The number of nitrogens with zero attached hydrogens (tertiary/aromatic N) is 1. The molecule has 0 fully saturated rings. The maximum Gasteiger partial charge on any atom is 0.304 e. The number of carbonyl (C=O) groups is 2. The molecule has 0 saturated heterocycles. The molecule has 0 saturated carbocycles. The first-order valence-electron chi connectivity index (χ1n) is 5.59. The van der Waals surface area contributed by atoms with Gasteiger partial charge in [0, 0.05) is 25.1 Å². The van der Waals surface area contributed by atoms with Gasteiger partial charge in [0.05, 0.1) is 6.42 Å². The van der Waals surface area contributed by atoms with Crippen LogP contribution in [0.4, 0.5) is 5.69 Å². The molecule has 0 spiro atoms. The van der Waals surface area contributed by atoms with Gasteiger partial charge in [0.1, 0.15) is 0 Å². The summed E-state index contributed by atoms with van der Waals surface area (Å²) in [5.74, 6) is -0.955. The summed E-state index contributed by atoms with van der Waals surface area (Å²) in [6.07, 6.45) is 0.0693. The minimum atomic E-state index is -0.827. The molecule has 0 aliphatic carbocycles. The van der Waals surface area contributed by atoms with E-state index in [1.165, 1.54) is 6.92 Å². The quantitative estimate of drug-likeness (QED) is 0.849. The predicted octanol–water partition coefficient (Wildman–Crippen LogP) is 1.92. The molecule has 90 valence electrons. The number of benzene rings is 1. The fraction of sp³-hybridized carbons (Fsp3) is 0.385. The van der Waals surface area contributed by atoms with E-state index in [4.69, 9.17) is 5.11 Å². The SMILES string of the molecule is CC(=O)N1CC(CC(=O)O)c2ccc(C)cc21. The Morgan fingerprint density at radius 1 is 1.47 bits per heavy atom. The first kappa shape index (κ1) is 11.6. The lowest BCUT2D eigenvalue weighted by Gasteiger charge is -2.15. The molecule has 0 aromatic heterocycles. The van der Waals surface area contributed by atoms with Crippen molar-refractivity contribution < 1.29 is 14.7 Å². The summed E-state index contributed by atoms with van der Waals surface area (Å²) in [5, 5.41) is 8.88. The smallest absolute Gasteiger partial charge is 0.304 e. The number of hydrogen-bond acceptors (Lipinski definition) is 2. The Bertz CT molecular complexity index is 482. The fourth-order valence-corrected chi connectivity index (χ4v) is 2.33. The zero-order chi connectivity index (χ0) is 12.6. The third kappa shape index (κ3) is 2.16. The summed E-state index contributed by atoms with van der Waals surface area (Å²) >= 11 is 0. The third-order valence-electron chi connectivity index (χ3n) is 3.12. The molecule has 1 N–H and O–H groups in total. The summed E-state index contributed by atoms with van der Waals surface area (Å²) in [6.45, 7) is 3.94. The number of anilines is 1. The summed E-state index contributed by atoms with van der Waals surface area (Å²) in [4.78, 5) is 24.0. The van der Waals surface area contributed by atoms with Gasteiger partial charge in [0.2, 0.25) is 5.91 Å². The highest BCUT2D eigenvalue weighted by molar-refractivity contribution is 5.94. The Morgan fingerprint density at radius 3 is 2.76 bits per heavy atom. The van der Waals surface area contributed by atoms with Crippen LogP contribution in [-0.2, 0) is 9.59 Å². The molecule has 4 heteroatoms. The number of carbonyl (C=O) groups excluding carboxylic acids is 1. The highest BCUT2D eigenvalue weighted by Crippen LogP contribution is 2.38. The number of fused-ring (bicyclic) bond motifs is 1. The number of carboxylic acids is 1. The average molecular weight is 233 g/mol. The van der Waals surface area contributed by atoms with Crippen LogP contribution in [0.25, 0.3) is 0 Å². The fourth-order valence-electron chi connectivity index (χ4n) is 2.33. The lowest BCUT2D eigenvalue weighted by Crippen LogP contribution is -2.27. The number of hydrogen-bond donors (Lipinski definition) is 1. The Morgan fingerprint density at radius 2 is 2.18 bits per heavy atom. The highest BCUT2D eigenvalue weighted by atomic mass is 16.4. The lowest BCUT2D eigenvalue weighted by atomic mass is 9.97. The van der Waals surface area contributed by atoms with Crippen LogP contribution >= 0.6 is 0 Å². The molecule has 0 radical (unpaired) electrons. The van der Waals surface area contributed by atoms with Gasteiger partial charge in [-0.2, -0.15) is 0 Å². The standard InChI is InChI=1S/C13H15NO3/c1-8-3-4-11-10(6-13(16)17)7-14(9(2)15)12(11)5-8/h3-5,10H,6-7H2,1-2H3,(H,16,17). The van der Waals surface area contributed by atoms with E-state index in [0.29, 0.717) is 6.54 Å². The van der Waals surface area contributed by atoms with Crippen LogP contribution in [0.15, 0.2) is 18.2 Å². The molecule has 1 unspecified atom stereocenters. The van der Waals surface area contributed by atoms with Crippen LogP contribution in [-0.4, -0.2) is 23.5 Å². The van der Waals surface area contributed by atoms with Crippen molar-refractivity contribution in [3.8, 4) is 0 Å². The molecule has 1 aliphatic rings. The Hall–Kier alpha value is -1.84. The summed E-state index contributed by atoms with van der Waals surface area (Å²) in [7, 11) is 0. The Balaban J connectivity index is 2.40. The van der Waals surface area contributed by atoms with E-state index in [-0.39, 0.29) is 18.2 Å². The van der Waals surface area contributed by atoms with Crippen LogP contribution in [0.3, 0.4) is 0 Å². The highest BCUT2D eigenvalue weighted by Gasteiger charge is 2.31. The van der Waals surface area contributed by atoms with Gasteiger partial charge in [-0.05, 0) is 24.1 Å². The molecule has 17 heavy (non-hydrogen) atoms. The van der Waals surface area contributed by atoms with Crippen molar-refractivity contribution in [3.63, 3.8) is 0 Å². The minimum absolute atomic E-state index is 0.0373. The second kappa shape index (κ2) is 4.20. The van der Waals surface area contributed by atoms with Gasteiger partial charge >= 0.3 is 5.97 Å². The minimum Gasteiger partial charge on any atom is -0.481 e. The summed E-state index contributed by atoms with van der Waals surface area (Å²) < 4.78 is 0. The molecule has 2 rings (SSSR count). The number of aryl methyl sites for hydroxylation is 1. The number of rotatable bonds is 2. The van der Waals surface area contributed by atoms with Crippen molar-refractivity contribution >= 4 is 17.6 Å². The molecule has 1 amide bonds. The van der Waals surface area contributed by atoms with Crippen molar-refractivity contribution in [1.82, 2.24) is 0 Å². The molecule has 1 aromatic carbocycles. The zero-order valence-corrected chi connectivity index (χ0v) is 9.93. The largest absolute Gasteiger partial charge is 0.481 e. The van der Waals surface area contributed by atoms with Crippen molar-refractivity contribution in [1.29, 1.82) is 0 Å². The van der Waals surface area contributed by atoms with E-state index in [9.17, 15) is 9.59 Å². The molecule has 1 atom stereocenters. The van der Waals surface area contributed by atoms with E-state index in [2.05, 4.69) is 0 Å². The Labute approximate surface area is 99.9 Å². The zero-order valence-electron chi connectivity index (χ0n) is 9.93. The van der Waals surface area contributed by atoms with Gasteiger partial charge in [-0.25, -0.2) is 0 Å². The van der Waals surface area contributed by atoms with E-state index < -0.39 is 5.97 Å². The van der Waals surface area contributed by atoms with Gasteiger partial charge in [-0.15, -0.1) is 0 Å². The van der Waals surface area contributed by atoms with Gasteiger partial charge in [0.25, 0.3) is 0 Å². The van der Waals surface area contributed by atoms with Crippen LogP contribution in [0.2, 0.25) is 0 Å². The van der Waals surface area contributed by atoms with Gasteiger partial charge < -0.3 is 10.0 Å². The first-order chi connectivity index (χ1) is 7.99. The predicted molar refractivity (Wildman–Crippen MR) is 64.2 cm³/mol. The van der Waals surface area contributed by atoms with E-state index in [0.717, 1.165) is 16.8 Å². The second-order valence-corrected chi connectivity index (χ2v) is 4.49. The van der Waals surface area contributed by atoms with Crippen LogP contribution in [0, 0.1) is 6.92 Å². The number of aliphatic carboxylic acids is 1. The van der Waals surface area contributed by atoms with Crippen molar-refractivity contribution in [2.75, 3.05) is 11.4 Å². The van der Waals surface area contributed by atoms with Crippen molar-refractivity contribution in [3.05, 3.63) is 29.3 Å². The van der Waals surface area contributed by atoms with Crippen LogP contribution in [0.1, 0.15) is 30.4 Å². The van der Waals surface area contributed by atoms with E-state index >= 15 is 0 Å². The first-order valence-corrected chi connectivity index (χ1v) is 5.59. The number of amides is 1. The summed E-state index contributed by atoms with van der Waals surface area (Å²) in [5.41, 5.74) is 2.91. The number of carboxylic acid groups (broad SMARTS) is 1. The van der Waals surface area contributed by atoms with E-state index in [1.807, 2.05) is 25.1 Å². The van der Waals surface area contributed by atoms with Crippen molar-refractivity contribution in [2.24, 2.45) is 0 Å². The molecular weight excluding hydrogens is 218 g/mol. The maximum absolute atomic E-state index is 11.5. The van der Waals surface area contributed by atoms with E-state index in [1.54, 1.807) is 4.90 Å². The molecule has 0 bridgehead atoms. The topological polar surface area (TPSA) is 57.6 Å². The molecule has 1 aromatic rings. The average Bonchev–Trinajstić information content (AvgIpc) is 2.55. The van der Waals surface area contributed by atoms with Gasteiger partial charge in [-0.1, -0.05) is 12.1 Å². The maximum atomic E-state index is 11.5. The normalized spacial score (nSPS) is 18.0. The Kier molecular flexibility index (Phi) is 2.88. The third-order valence-corrected chi connectivity index (χ3v) is 3.12. The van der Waals surface area contributed by atoms with Crippen LogP contribution in [0.5, 0.6) is 0 Å². The molecule has 4 nitrogen and oxygen atoms in total. The molecular formula is C13H15NO3. The monoisotopic (exact) mass is 233 g/mol. The van der Waals surface area contributed by atoms with Crippen molar-refractivity contribution in [2.45, 2.75) is 26.2 Å². The van der Waals surface area contributed by atoms with Gasteiger partial charge in [-0.3, -0.25) is 9.59 Å². The molecule has 1 aliphatic heterocycles. The lowest BCUT2D eigenvalue weighted by molar-refractivity contribution is -0.137. The molecule has 1 heterocycles. The van der Waals surface area contributed by atoms with Crippen LogP contribution < -0.4 is 4.90 Å².